The van der Waals surface area contributed by atoms with Crippen molar-refractivity contribution in [2.45, 2.75) is 42.9 Å². The second-order valence-electron chi connectivity index (χ2n) is 8.99. The Morgan fingerprint density at radius 3 is 2.74 bits per heavy atom. The van der Waals surface area contributed by atoms with E-state index in [9.17, 15) is 26.4 Å². The first-order valence-corrected chi connectivity index (χ1v) is 13.6. The third-order valence-corrected chi connectivity index (χ3v) is 7.86. The Morgan fingerprint density at radius 1 is 1.28 bits per heavy atom. The quantitative estimate of drug-likeness (QED) is 0.463. The summed E-state index contributed by atoms with van der Waals surface area (Å²) in [5.41, 5.74) is 0.386. The molecule has 10 nitrogen and oxygen atoms in total. The van der Waals surface area contributed by atoms with E-state index in [2.05, 4.69) is 4.98 Å². The van der Waals surface area contributed by atoms with Gasteiger partial charge in [-0.1, -0.05) is 12.1 Å². The van der Waals surface area contributed by atoms with Crippen LogP contribution in [-0.2, 0) is 25.7 Å². The molecule has 0 radical (unpaired) electrons. The number of hydrogen-bond acceptors (Lipinski definition) is 8. The minimum atomic E-state index is -4.89. The summed E-state index contributed by atoms with van der Waals surface area (Å²) in [5, 5.41) is 18.2. The first-order chi connectivity index (χ1) is 18.5. The molecule has 0 unspecified atom stereocenters. The van der Waals surface area contributed by atoms with Gasteiger partial charge in [0.15, 0.2) is 4.90 Å². The van der Waals surface area contributed by atoms with Gasteiger partial charge < -0.3 is 24.4 Å². The molecule has 0 spiro atoms. The summed E-state index contributed by atoms with van der Waals surface area (Å²) < 4.78 is 85.9. The lowest BCUT2D eigenvalue weighted by Crippen LogP contribution is -2.44. The first kappa shape index (κ1) is 28.6. The molecular formula is C25H27F3N2O8S. The minimum Gasteiger partial charge on any atom is -0.486 e. The number of aliphatic hydroxyl groups is 1. The molecule has 3 heterocycles. The molecule has 1 aromatic carbocycles. The number of alkyl halides is 3. The summed E-state index contributed by atoms with van der Waals surface area (Å²) in [6.45, 7) is -0.218. The van der Waals surface area contributed by atoms with E-state index in [1.54, 1.807) is 6.07 Å². The van der Waals surface area contributed by atoms with Crippen molar-refractivity contribution in [2.75, 3.05) is 37.3 Å². The lowest BCUT2D eigenvalue weighted by Gasteiger charge is -2.36. The molecular weight excluding hydrogens is 545 g/mol. The van der Waals surface area contributed by atoms with Crippen LogP contribution >= 0.6 is 0 Å². The molecule has 14 heteroatoms. The van der Waals surface area contributed by atoms with Crippen molar-refractivity contribution >= 4 is 27.8 Å². The number of halogens is 3. The number of aromatic nitrogens is 1. The largest absolute Gasteiger partial charge is 0.486 e. The molecule has 0 aliphatic carbocycles. The van der Waals surface area contributed by atoms with E-state index in [1.165, 1.54) is 12.1 Å². The van der Waals surface area contributed by atoms with Crippen molar-refractivity contribution < 1.29 is 50.8 Å². The van der Waals surface area contributed by atoms with Gasteiger partial charge in [0.05, 0.1) is 31.0 Å². The number of sulfonamides is 1. The van der Waals surface area contributed by atoms with Gasteiger partial charge in [0, 0.05) is 19.2 Å². The van der Waals surface area contributed by atoms with Crippen LogP contribution in [0.4, 0.5) is 18.9 Å². The van der Waals surface area contributed by atoms with E-state index >= 15 is 0 Å². The summed E-state index contributed by atoms with van der Waals surface area (Å²) in [7, 11) is -4.75. The molecule has 0 bridgehead atoms. The predicted octanol–water partition coefficient (Wildman–Crippen LogP) is 3.49. The standard InChI is InChI=1S/C25H27F3N2O8S/c26-25(27,28)18-12-22(24(29-13-18)37-9-7-31)39(34,35)30-14-19(4-6-23(32)33)38-21-5-3-16(11-20(21)30)10-17-2-1-8-36-15-17/h3,5,10-13,19,31H,1-2,4,6-9,14-15H2,(H,32,33)/b17-10+/t19-/m0/s1. The van der Waals surface area contributed by atoms with Crippen LogP contribution in [0.2, 0.25) is 0 Å². The van der Waals surface area contributed by atoms with Gasteiger partial charge in [-0.2, -0.15) is 13.2 Å². The van der Waals surface area contributed by atoms with Gasteiger partial charge in [-0.15, -0.1) is 0 Å². The van der Waals surface area contributed by atoms with Gasteiger partial charge in [-0.25, -0.2) is 13.4 Å². The van der Waals surface area contributed by atoms with Crippen molar-refractivity contribution in [1.82, 2.24) is 4.98 Å². The van der Waals surface area contributed by atoms with Crippen LogP contribution < -0.4 is 13.8 Å². The average Bonchev–Trinajstić information content (AvgIpc) is 2.90. The summed E-state index contributed by atoms with van der Waals surface area (Å²) in [5.74, 6) is -1.60. The Labute approximate surface area is 222 Å². The van der Waals surface area contributed by atoms with Crippen molar-refractivity contribution in [3.63, 3.8) is 0 Å². The van der Waals surface area contributed by atoms with E-state index in [0.29, 0.717) is 31.0 Å². The van der Waals surface area contributed by atoms with Crippen molar-refractivity contribution in [2.24, 2.45) is 0 Å². The molecule has 0 saturated carbocycles. The number of nitrogens with zero attached hydrogens (tertiary/aromatic N) is 2. The number of benzene rings is 1. The number of aliphatic carboxylic acids is 1. The maximum absolute atomic E-state index is 14.0. The number of carboxylic acid groups (broad SMARTS) is 1. The van der Waals surface area contributed by atoms with Crippen LogP contribution in [0.5, 0.6) is 11.6 Å². The van der Waals surface area contributed by atoms with E-state index in [-0.39, 0.29) is 30.8 Å². The zero-order chi connectivity index (χ0) is 28.2. The molecule has 2 aliphatic rings. The number of carbonyl (C=O) groups is 1. The molecule has 1 fully saturated rings. The lowest BCUT2D eigenvalue weighted by molar-refractivity contribution is -0.138. The van der Waals surface area contributed by atoms with E-state index in [4.69, 9.17) is 24.4 Å². The number of anilines is 1. The highest BCUT2D eigenvalue weighted by Gasteiger charge is 2.39. The highest BCUT2D eigenvalue weighted by molar-refractivity contribution is 7.93. The third kappa shape index (κ3) is 6.81. The van der Waals surface area contributed by atoms with E-state index in [0.717, 1.165) is 22.7 Å². The van der Waals surface area contributed by atoms with Gasteiger partial charge in [0.2, 0.25) is 5.88 Å². The van der Waals surface area contributed by atoms with Crippen molar-refractivity contribution in [3.8, 4) is 11.6 Å². The fraction of sp³-hybridized carbons (Fsp3) is 0.440. The maximum Gasteiger partial charge on any atom is 0.417 e. The predicted molar refractivity (Wildman–Crippen MR) is 132 cm³/mol. The molecule has 0 amide bonds. The number of ether oxygens (including phenoxy) is 3. The molecule has 4 rings (SSSR count). The van der Waals surface area contributed by atoms with Crippen LogP contribution in [0.25, 0.3) is 6.08 Å². The maximum atomic E-state index is 14.0. The molecule has 1 aromatic heterocycles. The summed E-state index contributed by atoms with van der Waals surface area (Å²) >= 11 is 0. The summed E-state index contributed by atoms with van der Waals surface area (Å²) in [4.78, 5) is 13.9. The summed E-state index contributed by atoms with van der Waals surface area (Å²) in [6, 6.07) is 5.21. The SMILES string of the molecule is O=C(O)CC[C@H]1CN(S(=O)(=O)c2cc(C(F)(F)F)cnc2OCCO)c2cc(/C=C3\CCCOC3)ccc2O1. The Balaban J connectivity index is 1.81. The topological polar surface area (TPSA) is 135 Å². The average molecular weight is 573 g/mol. The molecule has 2 aromatic rings. The summed E-state index contributed by atoms with van der Waals surface area (Å²) in [6.07, 6.45) is -2.19. The van der Waals surface area contributed by atoms with Crippen LogP contribution in [-0.4, -0.2) is 68.7 Å². The van der Waals surface area contributed by atoms with Gasteiger partial charge in [-0.3, -0.25) is 9.10 Å². The fourth-order valence-electron chi connectivity index (χ4n) is 4.25. The lowest BCUT2D eigenvalue weighted by atomic mass is 10.0. The third-order valence-electron chi connectivity index (χ3n) is 6.08. The Kier molecular flexibility index (Phi) is 8.67. The first-order valence-electron chi connectivity index (χ1n) is 12.1. The molecule has 2 N–H and O–H groups in total. The van der Waals surface area contributed by atoms with Crippen LogP contribution in [0.15, 0.2) is 40.9 Å². The second kappa shape index (κ2) is 11.8. The molecule has 212 valence electrons. The number of carboxylic acids is 1. The van der Waals surface area contributed by atoms with Crippen LogP contribution in [0.1, 0.15) is 36.8 Å². The Hall–Kier alpha value is -3.36. The molecule has 2 aliphatic heterocycles. The van der Waals surface area contributed by atoms with Crippen molar-refractivity contribution in [1.29, 1.82) is 0 Å². The van der Waals surface area contributed by atoms with Crippen molar-refractivity contribution in [3.05, 3.63) is 47.2 Å². The van der Waals surface area contributed by atoms with Crippen LogP contribution in [0, 0.1) is 0 Å². The second-order valence-corrected chi connectivity index (χ2v) is 10.8. The molecule has 1 saturated heterocycles. The number of pyridine rings is 1. The van der Waals surface area contributed by atoms with E-state index < -0.39 is 57.8 Å². The smallest absolute Gasteiger partial charge is 0.417 e. The zero-order valence-electron chi connectivity index (χ0n) is 20.7. The number of rotatable bonds is 9. The minimum absolute atomic E-state index is 0.0430. The highest BCUT2D eigenvalue weighted by Crippen LogP contribution is 2.41. The van der Waals surface area contributed by atoms with Gasteiger partial charge >= 0.3 is 12.1 Å². The zero-order valence-corrected chi connectivity index (χ0v) is 21.5. The highest BCUT2D eigenvalue weighted by atomic mass is 32.2. The van der Waals surface area contributed by atoms with Gasteiger partial charge in [0.1, 0.15) is 18.5 Å². The van der Waals surface area contributed by atoms with Gasteiger partial charge in [0.25, 0.3) is 10.0 Å². The number of aliphatic hydroxyl groups excluding tert-OH is 1. The number of hydrogen-bond donors (Lipinski definition) is 2. The monoisotopic (exact) mass is 572 g/mol. The Bertz CT molecular complexity index is 1340. The normalized spacial score (nSPS) is 18.9. The van der Waals surface area contributed by atoms with Gasteiger partial charge in [-0.05, 0) is 48.6 Å². The Morgan fingerprint density at radius 2 is 2.08 bits per heavy atom. The number of fused-ring (bicyclic) bond motifs is 1. The van der Waals surface area contributed by atoms with E-state index in [1.807, 2.05) is 6.08 Å². The fourth-order valence-corrected chi connectivity index (χ4v) is 5.86. The van der Waals surface area contributed by atoms with Crippen LogP contribution in [0.3, 0.4) is 0 Å². The molecule has 1 atom stereocenters. The molecule has 39 heavy (non-hydrogen) atoms.